The van der Waals surface area contributed by atoms with Gasteiger partial charge in [-0.15, -0.1) is 0 Å². The highest BCUT2D eigenvalue weighted by Gasteiger charge is 2.35. The van der Waals surface area contributed by atoms with E-state index < -0.39 is 11.9 Å². The summed E-state index contributed by atoms with van der Waals surface area (Å²) < 4.78 is 51.7. The number of benzene rings is 1. The minimum Gasteiger partial charge on any atom is -0.497 e. The van der Waals surface area contributed by atoms with Crippen molar-refractivity contribution < 1.29 is 22.3 Å². The Morgan fingerprint density at radius 2 is 1.81 bits per heavy atom. The van der Waals surface area contributed by atoms with Crippen molar-refractivity contribution in [1.82, 2.24) is 14.6 Å². The molecule has 0 aliphatic heterocycles. The Morgan fingerprint density at radius 1 is 1.04 bits per heavy atom. The SMILES string of the molecule is COc1ccc(-c2cc(C(F)(F)F)n3nc(-c4ccco4)cc3n2)cc1. The maximum Gasteiger partial charge on any atom is 0.433 e. The molecule has 8 heteroatoms. The second kappa shape index (κ2) is 5.91. The van der Waals surface area contributed by atoms with Crippen LogP contribution in [0.1, 0.15) is 5.69 Å². The lowest BCUT2D eigenvalue weighted by Crippen LogP contribution is -2.13. The summed E-state index contributed by atoms with van der Waals surface area (Å²) >= 11 is 0. The van der Waals surface area contributed by atoms with Crippen LogP contribution in [0.3, 0.4) is 0 Å². The highest BCUT2D eigenvalue weighted by molar-refractivity contribution is 5.66. The van der Waals surface area contributed by atoms with Crippen LogP contribution in [-0.2, 0) is 6.18 Å². The number of furan rings is 1. The molecule has 0 fully saturated rings. The van der Waals surface area contributed by atoms with Crippen LogP contribution in [0.4, 0.5) is 13.2 Å². The molecule has 0 unspecified atom stereocenters. The molecule has 4 rings (SSSR count). The molecule has 0 saturated heterocycles. The van der Waals surface area contributed by atoms with Crippen LogP contribution in [0, 0.1) is 0 Å². The van der Waals surface area contributed by atoms with E-state index in [0.29, 0.717) is 17.1 Å². The van der Waals surface area contributed by atoms with Gasteiger partial charge in [0.05, 0.1) is 19.1 Å². The van der Waals surface area contributed by atoms with Crippen LogP contribution < -0.4 is 4.74 Å². The van der Waals surface area contributed by atoms with Gasteiger partial charge in [0.2, 0.25) is 0 Å². The van der Waals surface area contributed by atoms with Crippen molar-refractivity contribution in [3.8, 4) is 28.5 Å². The highest BCUT2D eigenvalue weighted by Crippen LogP contribution is 2.33. The Hall–Kier alpha value is -3.29. The highest BCUT2D eigenvalue weighted by atomic mass is 19.4. The number of halogens is 3. The number of hydrogen-bond donors (Lipinski definition) is 0. The molecule has 0 radical (unpaired) electrons. The Kier molecular flexibility index (Phi) is 3.68. The minimum atomic E-state index is -4.59. The van der Waals surface area contributed by atoms with Crippen molar-refractivity contribution in [1.29, 1.82) is 0 Å². The van der Waals surface area contributed by atoms with Crippen LogP contribution in [0.25, 0.3) is 28.4 Å². The van der Waals surface area contributed by atoms with E-state index in [1.54, 1.807) is 36.4 Å². The van der Waals surface area contributed by atoms with Gasteiger partial charge < -0.3 is 9.15 Å². The summed E-state index contributed by atoms with van der Waals surface area (Å²) in [6, 6.07) is 12.3. The predicted molar refractivity (Wildman–Crippen MR) is 87.7 cm³/mol. The molecule has 1 aromatic carbocycles. The Bertz CT molecular complexity index is 1050. The summed E-state index contributed by atoms with van der Waals surface area (Å²) in [6.45, 7) is 0. The summed E-state index contributed by atoms with van der Waals surface area (Å²) in [7, 11) is 1.52. The zero-order chi connectivity index (χ0) is 18.3. The smallest absolute Gasteiger partial charge is 0.433 e. The topological polar surface area (TPSA) is 52.6 Å². The van der Waals surface area contributed by atoms with E-state index in [-0.39, 0.29) is 17.0 Å². The quantitative estimate of drug-likeness (QED) is 0.533. The van der Waals surface area contributed by atoms with E-state index in [2.05, 4.69) is 10.1 Å². The number of nitrogens with zero attached hydrogens (tertiary/aromatic N) is 3. The maximum absolute atomic E-state index is 13.6. The van der Waals surface area contributed by atoms with Gasteiger partial charge in [0.1, 0.15) is 11.4 Å². The van der Waals surface area contributed by atoms with Crippen molar-refractivity contribution in [2.75, 3.05) is 7.11 Å². The van der Waals surface area contributed by atoms with Gasteiger partial charge in [0, 0.05) is 11.6 Å². The standard InChI is InChI=1S/C18H12F3N3O2/c1-25-12-6-4-11(5-7-12)13-9-16(18(19,20)21)24-17(22-13)10-14(23-24)15-3-2-8-26-15/h2-10H,1H3. The molecule has 132 valence electrons. The molecule has 0 atom stereocenters. The zero-order valence-electron chi connectivity index (χ0n) is 13.5. The van der Waals surface area contributed by atoms with Crippen molar-refractivity contribution in [2.24, 2.45) is 0 Å². The largest absolute Gasteiger partial charge is 0.497 e. The van der Waals surface area contributed by atoms with Gasteiger partial charge in [-0.1, -0.05) is 0 Å². The van der Waals surface area contributed by atoms with E-state index in [1.807, 2.05) is 0 Å². The molecule has 26 heavy (non-hydrogen) atoms. The number of ether oxygens (including phenoxy) is 1. The van der Waals surface area contributed by atoms with Gasteiger partial charge in [0.25, 0.3) is 0 Å². The van der Waals surface area contributed by atoms with E-state index >= 15 is 0 Å². The lowest BCUT2D eigenvalue weighted by Gasteiger charge is -2.11. The molecule has 0 saturated carbocycles. The molecule has 0 amide bonds. The predicted octanol–water partition coefficient (Wildman–Crippen LogP) is 4.68. The van der Waals surface area contributed by atoms with Crippen LogP contribution in [0.2, 0.25) is 0 Å². The normalized spacial score (nSPS) is 11.8. The second-order valence-electron chi connectivity index (χ2n) is 5.53. The third kappa shape index (κ3) is 2.79. The Balaban J connectivity index is 1.91. The third-order valence-corrected chi connectivity index (χ3v) is 3.88. The molecule has 0 bridgehead atoms. The van der Waals surface area contributed by atoms with Crippen LogP contribution in [0.15, 0.2) is 59.2 Å². The Labute approximate surface area is 145 Å². The summed E-state index contributed by atoms with van der Waals surface area (Å²) in [4.78, 5) is 4.32. The average Bonchev–Trinajstić information content (AvgIpc) is 3.29. The summed E-state index contributed by atoms with van der Waals surface area (Å²) in [5.74, 6) is 0.977. The fourth-order valence-corrected chi connectivity index (χ4v) is 2.63. The molecule has 0 spiro atoms. The average molecular weight is 359 g/mol. The number of methoxy groups -OCH3 is 1. The van der Waals surface area contributed by atoms with Crippen LogP contribution >= 0.6 is 0 Å². The second-order valence-corrected chi connectivity index (χ2v) is 5.53. The van der Waals surface area contributed by atoms with Gasteiger partial charge in [-0.3, -0.25) is 0 Å². The number of aromatic nitrogens is 3. The monoisotopic (exact) mass is 359 g/mol. The van der Waals surface area contributed by atoms with Crippen molar-refractivity contribution in [3.05, 3.63) is 60.5 Å². The number of fused-ring (bicyclic) bond motifs is 1. The van der Waals surface area contributed by atoms with Crippen molar-refractivity contribution in [3.63, 3.8) is 0 Å². The molecule has 4 aromatic rings. The van der Waals surface area contributed by atoms with Gasteiger partial charge in [-0.2, -0.15) is 18.3 Å². The molecule has 0 aliphatic rings. The van der Waals surface area contributed by atoms with Gasteiger partial charge >= 0.3 is 6.18 Å². The molecular weight excluding hydrogens is 347 g/mol. The van der Waals surface area contributed by atoms with Gasteiger partial charge in [-0.25, -0.2) is 9.50 Å². The van der Waals surface area contributed by atoms with E-state index in [4.69, 9.17) is 9.15 Å². The fraction of sp³-hybridized carbons (Fsp3) is 0.111. The third-order valence-electron chi connectivity index (χ3n) is 3.88. The molecule has 0 N–H and O–H groups in total. The maximum atomic E-state index is 13.6. The molecule has 3 aromatic heterocycles. The van der Waals surface area contributed by atoms with Crippen LogP contribution in [0.5, 0.6) is 5.75 Å². The number of hydrogen-bond acceptors (Lipinski definition) is 4. The first-order valence-corrected chi connectivity index (χ1v) is 7.62. The first kappa shape index (κ1) is 16.2. The van der Waals surface area contributed by atoms with Crippen molar-refractivity contribution >= 4 is 5.65 Å². The van der Waals surface area contributed by atoms with Crippen molar-refractivity contribution in [2.45, 2.75) is 6.18 Å². The molecule has 3 heterocycles. The van der Waals surface area contributed by atoms with E-state index in [0.717, 1.165) is 10.6 Å². The molecular formula is C18H12F3N3O2. The van der Waals surface area contributed by atoms with E-state index in [1.165, 1.54) is 19.4 Å². The minimum absolute atomic E-state index is 0.0806. The number of alkyl halides is 3. The Morgan fingerprint density at radius 3 is 2.42 bits per heavy atom. The lowest BCUT2D eigenvalue weighted by atomic mass is 10.1. The lowest BCUT2D eigenvalue weighted by molar-refractivity contribution is -0.142. The fourth-order valence-electron chi connectivity index (χ4n) is 2.63. The van der Waals surface area contributed by atoms with E-state index in [9.17, 15) is 13.2 Å². The van der Waals surface area contributed by atoms with Gasteiger partial charge in [0.15, 0.2) is 17.1 Å². The van der Waals surface area contributed by atoms with Crippen LogP contribution in [-0.4, -0.2) is 21.7 Å². The molecule has 5 nitrogen and oxygen atoms in total. The van der Waals surface area contributed by atoms with Gasteiger partial charge in [-0.05, 0) is 42.5 Å². The number of rotatable bonds is 3. The first-order valence-electron chi connectivity index (χ1n) is 7.62. The zero-order valence-corrected chi connectivity index (χ0v) is 13.5. The first-order chi connectivity index (χ1) is 12.5. The summed E-state index contributed by atoms with van der Waals surface area (Å²) in [5, 5.41) is 4.00. The molecule has 0 aliphatic carbocycles. The summed E-state index contributed by atoms with van der Waals surface area (Å²) in [6.07, 6.45) is -3.16. The summed E-state index contributed by atoms with van der Waals surface area (Å²) in [5.41, 5.74) is 0.181.